The normalized spacial score (nSPS) is 18.3. The Bertz CT molecular complexity index is 1070. The van der Waals surface area contributed by atoms with Crippen LogP contribution in [0.2, 0.25) is 0 Å². The van der Waals surface area contributed by atoms with Crippen LogP contribution in [0.25, 0.3) is 11.1 Å². The number of nitrogens with one attached hydrogen (secondary N) is 3. The van der Waals surface area contributed by atoms with Gasteiger partial charge in [-0.1, -0.05) is 55.0 Å². The summed E-state index contributed by atoms with van der Waals surface area (Å²) in [6.07, 6.45) is 1.49. The number of hydrogen-bond acceptors (Lipinski definition) is 5. The molecule has 2 aromatic rings. The zero-order chi connectivity index (χ0) is 24.8. The zero-order valence-electron chi connectivity index (χ0n) is 19.3. The maximum Gasteiger partial charge on any atom is 0.407 e. The molecule has 2 atom stereocenters. The van der Waals surface area contributed by atoms with E-state index in [0.717, 1.165) is 35.1 Å². The molecule has 0 spiro atoms. The number of alkyl carbamates (subject to hydrolysis) is 1. The Kier molecular flexibility index (Phi) is 7.64. The van der Waals surface area contributed by atoms with Crippen molar-refractivity contribution in [2.75, 3.05) is 26.2 Å². The largest absolute Gasteiger partial charge is 0.481 e. The molecule has 0 aromatic heterocycles. The summed E-state index contributed by atoms with van der Waals surface area (Å²) < 4.78 is 5.38. The Labute approximate surface area is 203 Å². The number of amides is 3. The maximum absolute atomic E-state index is 12.2. The SMILES string of the molecule is O=C(CNC(=O)CNC(=O)OCC1c2ccccc2-c2ccccc21)NCC1CCCC1C(=O)O. The van der Waals surface area contributed by atoms with Crippen molar-refractivity contribution in [1.29, 1.82) is 0 Å². The number of ether oxygens (including phenoxy) is 1. The van der Waals surface area contributed by atoms with E-state index < -0.39 is 29.8 Å². The molecule has 1 fully saturated rings. The van der Waals surface area contributed by atoms with Crippen molar-refractivity contribution < 1.29 is 29.0 Å². The molecule has 3 amide bonds. The van der Waals surface area contributed by atoms with E-state index in [1.165, 1.54) is 0 Å². The van der Waals surface area contributed by atoms with E-state index in [1.807, 2.05) is 48.5 Å². The Hall–Kier alpha value is -3.88. The van der Waals surface area contributed by atoms with Crippen LogP contribution >= 0.6 is 0 Å². The van der Waals surface area contributed by atoms with Gasteiger partial charge in [-0.15, -0.1) is 0 Å². The minimum absolute atomic E-state index is 0.0775. The van der Waals surface area contributed by atoms with Crippen LogP contribution < -0.4 is 16.0 Å². The molecule has 9 heteroatoms. The van der Waals surface area contributed by atoms with Crippen molar-refractivity contribution >= 4 is 23.9 Å². The monoisotopic (exact) mass is 479 g/mol. The highest BCUT2D eigenvalue weighted by Gasteiger charge is 2.33. The Morgan fingerprint density at radius 2 is 1.43 bits per heavy atom. The first-order valence-corrected chi connectivity index (χ1v) is 11.8. The number of carboxylic acid groups (broad SMARTS) is 1. The summed E-state index contributed by atoms with van der Waals surface area (Å²) in [5.41, 5.74) is 4.44. The first kappa shape index (κ1) is 24.3. The minimum Gasteiger partial charge on any atom is -0.481 e. The molecule has 2 unspecified atom stereocenters. The molecule has 0 saturated heterocycles. The van der Waals surface area contributed by atoms with Crippen LogP contribution in [-0.2, 0) is 19.1 Å². The van der Waals surface area contributed by atoms with Gasteiger partial charge in [0.1, 0.15) is 13.2 Å². The van der Waals surface area contributed by atoms with Gasteiger partial charge in [0.15, 0.2) is 0 Å². The van der Waals surface area contributed by atoms with Gasteiger partial charge in [0.25, 0.3) is 0 Å². The molecule has 0 bridgehead atoms. The molecule has 2 aliphatic rings. The fourth-order valence-corrected chi connectivity index (χ4v) is 4.96. The topological polar surface area (TPSA) is 134 Å². The van der Waals surface area contributed by atoms with Gasteiger partial charge in [-0.05, 0) is 41.0 Å². The van der Waals surface area contributed by atoms with Gasteiger partial charge < -0.3 is 25.8 Å². The number of aliphatic carboxylic acids is 1. The summed E-state index contributed by atoms with van der Waals surface area (Å²) in [6, 6.07) is 16.0. The van der Waals surface area contributed by atoms with Crippen LogP contribution in [0.3, 0.4) is 0 Å². The predicted octanol–water partition coefficient (Wildman–Crippen LogP) is 2.26. The average Bonchev–Trinajstić information content (AvgIpc) is 3.46. The highest BCUT2D eigenvalue weighted by atomic mass is 16.5. The molecular formula is C26H29N3O6. The predicted molar refractivity (Wildman–Crippen MR) is 128 cm³/mol. The van der Waals surface area contributed by atoms with Crippen molar-refractivity contribution in [3.63, 3.8) is 0 Å². The van der Waals surface area contributed by atoms with Crippen LogP contribution in [0.5, 0.6) is 0 Å². The zero-order valence-corrected chi connectivity index (χ0v) is 19.3. The second-order valence-electron chi connectivity index (χ2n) is 8.90. The third kappa shape index (κ3) is 5.79. The third-order valence-electron chi connectivity index (χ3n) is 6.72. The highest BCUT2D eigenvalue weighted by Crippen LogP contribution is 2.44. The van der Waals surface area contributed by atoms with Crippen LogP contribution in [0.4, 0.5) is 4.79 Å². The fraction of sp³-hybridized carbons (Fsp3) is 0.385. The van der Waals surface area contributed by atoms with Crippen molar-refractivity contribution in [1.82, 2.24) is 16.0 Å². The van der Waals surface area contributed by atoms with Gasteiger partial charge in [0, 0.05) is 12.5 Å². The average molecular weight is 480 g/mol. The van der Waals surface area contributed by atoms with Crippen LogP contribution in [-0.4, -0.2) is 55.2 Å². The Balaban J connectivity index is 1.16. The van der Waals surface area contributed by atoms with E-state index in [2.05, 4.69) is 16.0 Å². The number of carbonyl (C=O) groups is 4. The number of benzene rings is 2. The van der Waals surface area contributed by atoms with E-state index in [1.54, 1.807) is 0 Å². The molecule has 4 N–H and O–H groups in total. The quantitative estimate of drug-likeness (QED) is 0.436. The highest BCUT2D eigenvalue weighted by molar-refractivity contribution is 5.87. The van der Waals surface area contributed by atoms with Gasteiger partial charge in [0.2, 0.25) is 11.8 Å². The molecule has 0 radical (unpaired) electrons. The number of carbonyl (C=O) groups excluding carboxylic acids is 3. The number of hydrogen-bond donors (Lipinski definition) is 4. The fourth-order valence-electron chi connectivity index (χ4n) is 4.96. The molecular weight excluding hydrogens is 450 g/mol. The van der Waals surface area contributed by atoms with Crippen LogP contribution in [0, 0.1) is 11.8 Å². The first-order valence-electron chi connectivity index (χ1n) is 11.8. The van der Waals surface area contributed by atoms with Gasteiger partial charge in [0.05, 0.1) is 12.5 Å². The smallest absolute Gasteiger partial charge is 0.407 e. The molecule has 184 valence electrons. The van der Waals surface area contributed by atoms with Gasteiger partial charge in [-0.25, -0.2) is 4.79 Å². The molecule has 0 aliphatic heterocycles. The van der Waals surface area contributed by atoms with Crippen molar-refractivity contribution in [2.45, 2.75) is 25.2 Å². The Morgan fingerprint density at radius 3 is 2.09 bits per heavy atom. The standard InChI is InChI=1S/C26H29N3O6/c30-23(27-12-16-6-5-11-17(16)25(32)33)13-28-24(31)14-29-26(34)35-15-22-20-9-3-1-7-18(20)19-8-2-4-10-21(19)22/h1-4,7-10,16-17,22H,5-6,11-15H2,(H,27,30)(H,28,31)(H,29,34)(H,32,33). The first-order chi connectivity index (χ1) is 16.9. The molecule has 35 heavy (non-hydrogen) atoms. The number of rotatable bonds is 9. The molecule has 2 aliphatic carbocycles. The van der Waals surface area contributed by atoms with E-state index in [9.17, 15) is 24.3 Å². The molecule has 0 heterocycles. The molecule has 4 rings (SSSR count). The lowest BCUT2D eigenvalue weighted by Gasteiger charge is -2.16. The maximum atomic E-state index is 12.2. The third-order valence-corrected chi connectivity index (χ3v) is 6.72. The second-order valence-corrected chi connectivity index (χ2v) is 8.90. The van der Waals surface area contributed by atoms with Gasteiger partial charge >= 0.3 is 12.1 Å². The van der Waals surface area contributed by atoms with Gasteiger partial charge in [-0.2, -0.15) is 0 Å². The second kappa shape index (κ2) is 11.0. The lowest BCUT2D eigenvalue weighted by atomic mass is 9.96. The van der Waals surface area contributed by atoms with E-state index >= 15 is 0 Å². The number of fused-ring (bicyclic) bond motifs is 3. The van der Waals surface area contributed by atoms with E-state index in [-0.39, 0.29) is 38.1 Å². The van der Waals surface area contributed by atoms with Crippen molar-refractivity contribution in [2.24, 2.45) is 11.8 Å². The lowest BCUT2D eigenvalue weighted by Crippen LogP contribution is -2.43. The summed E-state index contributed by atoms with van der Waals surface area (Å²) in [5.74, 6) is -2.39. The summed E-state index contributed by atoms with van der Waals surface area (Å²) in [6.45, 7) is -0.171. The van der Waals surface area contributed by atoms with Crippen molar-refractivity contribution in [3.05, 3.63) is 59.7 Å². The lowest BCUT2D eigenvalue weighted by molar-refractivity contribution is -0.143. The van der Waals surface area contributed by atoms with Crippen LogP contribution in [0.15, 0.2) is 48.5 Å². The van der Waals surface area contributed by atoms with Gasteiger partial charge in [-0.3, -0.25) is 14.4 Å². The minimum atomic E-state index is -0.839. The van der Waals surface area contributed by atoms with Crippen LogP contribution in [0.1, 0.15) is 36.3 Å². The number of carboxylic acids is 1. The molecule has 1 saturated carbocycles. The van der Waals surface area contributed by atoms with E-state index in [4.69, 9.17) is 4.74 Å². The summed E-state index contributed by atoms with van der Waals surface area (Å²) in [5, 5.41) is 16.7. The van der Waals surface area contributed by atoms with Crippen molar-refractivity contribution in [3.8, 4) is 11.1 Å². The van der Waals surface area contributed by atoms with E-state index in [0.29, 0.717) is 6.42 Å². The summed E-state index contributed by atoms with van der Waals surface area (Å²) >= 11 is 0. The Morgan fingerprint density at radius 1 is 0.829 bits per heavy atom. The molecule has 2 aromatic carbocycles. The summed E-state index contributed by atoms with van der Waals surface area (Å²) in [4.78, 5) is 47.4. The summed E-state index contributed by atoms with van der Waals surface area (Å²) in [7, 11) is 0. The molecule has 9 nitrogen and oxygen atoms in total.